The Bertz CT molecular complexity index is 2050. The van der Waals surface area contributed by atoms with Gasteiger partial charge in [-0.1, -0.05) is 54.3 Å². The summed E-state index contributed by atoms with van der Waals surface area (Å²) in [5.41, 5.74) is 4.06. The first kappa shape index (κ1) is 25.7. The van der Waals surface area contributed by atoms with Crippen LogP contribution < -0.4 is 24.3 Å². The van der Waals surface area contributed by atoms with Gasteiger partial charge in [0.25, 0.3) is 5.56 Å². The van der Waals surface area contributed by atoms with Gasteiger partial charge in [0.05, 0.1) is 10.2 Å². The lowest BCUT2D eigenvalue weighted by molar-refractivity contribution is 0.0852. The molecule has 10 heteroatoms. The molecule has 208 valence electrons. The molecule has 1 atom stereocenters. The number of aryl methyl sites for hydroxylation is 1. The van der Waals surface area contributed by atoms with Crippen molar-refractivity contribution in [2.24, 2.45) is 0 Å². The smallest absolute Gasteiger partial charge is 0.291 e. The molecule has 0 fully saturated rings. The van der Waals surface area contributed by atoms with E-state index in [0.29, 0.717) is 33.4 Å². The molecule has 0 saturated carbocycles. The van der Waals surface area contributed by atoms with Gasteiger partial charge in [0, 0.05) is 17.3 Å². The van der Waals surface area contributed by atoms with Crippen LogP contribution in [0.5, 0.6) is 17.2 Å². The van der Waals surface area contributed by atoms with E-state index in [0.717, 1.165) is 33.8 Å². The van der Waals surface area contributed by atoms with Gasteiger partial charge in [-0.25, -0.2) is 4.68 Å². The lowest BCUT2D eigenvalue weighted by atomic mass is 10.0. The van der Waals surface area contributed by atoms with Crippen LogP contribution in [-0.4, -0.2) is 37.6 Å². The van der Waals surface area contributed by atoms with Crippen LogP contribution in [0, 0.1) is 6.92 Å². The second kappa shape index (κ2) is 10.6. The third-order valence-corrected chi connectivity index (χ3v) is 7.81. The Labute approximate surface area is 244 Å². The average Bonchev–Trinajstić information content (AvgIpc) is 3.71. The van der Waals surface area contributed by atoms with E-state index >= 15 is 0 Å². The van der Waals surface area contributed by atoms with Crippen molar-refractivity contribution in [3.8, 4) is 34.2 Å². The Hall–Kier alpha value is -5.22. The van der Waals surface area contributed by atoms with Gasteiger partial charge in [0.1, 0.15) is 24.7 Å². The molecule has 6 aromatic rings. The molecular weight excluding hydrogens is 550 g/mol. The highest BCUT2D eigenvalue weighted by atomic mass is 32.1. The minimum absolute atomic E-state index is 0.256. The molecule has 3 aromatic carbocycles. The van der Waals surface area contributed by atoms with Gasteiger partial charge in [-0.05, 0) is 61.0 Å². The monoisotopic (exact) mass is 575 g/mol. The highest BCUT2D eigenvalue weighted by Gasteiger charge is 2.27. The molecule has 0 N–H and O–H groups in total. The molecular formula is C32H25N5O4S. The van der Waals surface area contributed by atoms with Crippen LogP contribution in [0.3, 0.4) is 0 Å². The quantitative estimate of drug-likeness (QED) is 0.249. The molecule has 0 bridgehead atoms. The summed E-state index contributed by atoms with van der Waals surface area (Å²) in [4.78, 5) is 18.6. The van der Waals surface area contributed by atoms with E-state index in [4.69, 9.17) is 19.3 Å². The van der Waals surface area contributed by atoms with Gasteiger partial charge < -0.3 is 14.2 Å². The summed E-state index contributed by atoms with van der Waals surface area (Å²) in [6.07, 6.45) is 4.98. The zero-order valence-corrected chi connectivity index (χ0v) is 23.5. The number of nitrogens with zero attached hydrogens (tertiary/aromatic N) is 5. The Morgan fingerprint density at radius 3 is 2.67 bits per heavy atom. The fourth-order valence-corrected chi connectivity index (χ4v) is 5.72. The maximum absolute atomic E-state index is 13.5. The van der Waals surface area contributed by atoms with Gasteiger partial charge in [-0.2, -0.15) is 14.6 Å². The van der Waals surface area contributed by atoms with E-state index in [-0.39, 0.29) is 12.2 Å². The SMILES string of the molecule is C=CCOc1ccc(-c2nn(-c3ccccc3)cc2C=c2sc3nc(C4COc5ccccc5O4)nn3c2=O)cc1C. The molecule has 0 saturated heterocycles. The summed E-state index contributed by atoms with van der Waals surface area (Å²) < 4.78 is 21.3. The Balaban J connectivity index is 1.27. The molecule has 0 aliphatic carbocycles. The zero-order valence-electron chi connectivity index (χ0n) is 22.6. The second-order valence-electron chi connectivity index (χ2n) is 9.74. The fraction of sp³-hybridized carbons (Fsp3) is 0.125. The van der Waals surface area contributed by atoms with E-state index in [9.17, 15) is 4.79 Å². The van der Waals surface area contributed by atoms with E-state index < -0.39 is 6.10 Å². The standard InChI is InChI=1S/C32H25N5O4S/c1-3-15-39-24-14-13-21(16-20(24)2)29-22(18-36(34-29)23-9-5-4-6-10-23)17-28-31(38)37-32(42-28)33-30(35-37)27-19-40-25-11-7-8-12-26(25)41-27/h3-14,16-18,27H,1,15,19H2,2H3. The highest BCUT2D eigenvalue weighted by Crippen LogP contribution is 2.35. The highest BCUT2D eigenvalue weighted by molar-refractivity contribution is 7.15. The summed E-state index contributed by atoms with van der Waals surface area (Å²) in [6.45, 7) is 6.41. The van der Waals surface area contributed by atoms with Gasteiger partial charge >= 0.3 is 0 Å². The summed E-state index contributed by atoms with van der Waals surface area (Å²) >= 11 is 1.27. The van der Waals surface area contributed by atoms with Crippen LogP contribution >= 0.6 is 11.3 Å². The van der Waals surface area contributed by atoms with Gasteiger partial charge in [0.15, 0.2) is 23.4 Å². The van der Waals surface area contributed by atoms with Crippen LogP contribution in [-0.2, 0) is 0 Å². The predicted octanol–water partition coefficient (Wildman–Crippen LogP) is 4.94. The number of rotatable bonds is 7. The van der Waals surface area contributed by atoms with E-state index in [2.05, 4.69) is 16.7 Å². The number of para-hydroxylation sites is 3. The number of thiazole rings is 1. The van der Waals surface area contributed by atoms with Crippen molar-refractivity contribution in [1.82, 2.24) is 24.4 Å². The zero-order chi connectivity index (χ0) is 28.6. The molecule has 1 aliphatic rings. The largest absolute Gasteiger partial charge is 0.489 e. The number of hydrogen-bond acceptors (Lipinski definition) is 8. The Kier molecular flexibility index (Phi) is 6.52. The first-order valence-corrected chi connectivity index (χ1v) is 14.2. The molecule has 0 spiro atoms. The number of ether oxygens (including phenoxy) is 3. The van der Waals surface area contributed by atoms with Gasteiger partial charge in [0.2, 0.25) is 4.96 Å². The van der Waals surface area contributed by atoms with Crippen LogP contribution in [0.25, 0.3) is 28.0 Å². The first-order valence-electron chi connectivity index (χ1n) is 13.4. The van der Waals surface area contributed by atoms with Crippen molar-refractivity contribution in [2.75, 3.05) is 13.2 Å². The van der Waals surface area contributed by atoms with Crippen LogP contribution in [0.2, 0.25) is 0 Å². The minimum Gasteiger partial charge on any atom is -0.489 e. The molecule has 1 aliphatic heterocycles. The number of fused-ring (bicyclic) bond motifs is 2. The normalized spacial score (nSPS) is 14.8. The van der Waals surface area contributed by atoms with E-state index in [1.165, 1.54) is 15.9 Å². The number of aromatic nitrogens is 5. The van der Waals surface area contributed by atoms with Gasteiger partial charge in [-0.3, -0.25) is 4.79 Å². The molecule has 1 unspecified atom stereocenters. The predicted molar refractivity (Wildman–Crippen MR) is 161 cm³/mol. The second-order valence-corrected chi connectivity index (χ2v) is 10.7. The van der Waals surface area contributed by atoms with E-state index in [1.54, 1.807) is 6.08 Å². The minimum atomic E-state index is -0.504. The molecule has 9 nitrogen and oxygen atoms in total. The van der Waals surface area contributed by atoms with E-state index in [1.807, 2.05) is 96.7 Å². The summed E-state index contributed by atoms with van der Waals surface area (Å²) in [7, 11) is 0. The molecule has 7 rings (SSSR count). The van der Waals surface area contributed by atoms with Crippen molar-refractivity contribution < 1.29 is 14.2 Å². The lowest BCUT2D eigenvalue weighted by Gasteiger charge is -2.24. The van der Waals surface area contributed by atoms with Crippen molar-refractivity contribution in [3.63, 3.8) is 0 Å². The van der Waals surface area contributed by atoms with Crippen LogP contribution in [0.4, 0.5) is 0 Å². The third kappa shape index (κ3) is 4.71. The summed E-state index contributed by atoms with van der Waals surface area (Å²) in [6, 6.07) is 23.2. The molecule has 0 radical (unpaired) electrons. The van der Waals surface area contributed by atoms with Crippen molar-refractivity contribution >= 4 is 22.4 Å². The average molecular weight is 576 g/mol. The fourth-order valence-electron chi connectivity index (χ4n) is 4.81. The topological polar surface area (TPSA) is 92.8 Å². The van der Waals surface area contributed by atoms with Crippen molar-refractivity contribution in [3.05, 3.63) is 123 Å². The summed E-state index contributed by atoms with van der Waals surface area (Å²) in [5, 5.41) is 9.39. The third-order valence-electron chi connectivity index (χ3n) is 6.85. The van der Waals surface area contributed by atoms with Crippen LogP contribution in [0.1, 0.15) is 23.1 Å². The molecule has 42 heavy (non-hydrogen) atoms. The summed E-state index contributed by atoms with van der Waals surface area (Å²) in [5.74, 6) is 2.50. The molecule has 4 heterocycles. The maximum atomic E-state index is 13.5. The van der Waals surface area contributed by atoms with Crippen molar-refractivity contribution in [1.29, 1.82) is 0 Å². The van der Waals surface area contributed by atoms with Gasteiger partial charge in [-0.15, -0.1) is 5.10 Å². The molecule has 0 amide bonds. The molecule has 3 aromatic heterocycles. The number of hydrogen-bond donors (Lipinski definition) is 0. The Morgan fingerprint density at radius 2 is 1.88 bits per heavy atom. The first-order chi connectivity index (χ1) is 20.6. The Morgan fingerprint density at radius 1 is 1.07 bits per heavy atom. The van der Waals surface area contributed by atoms with Crippen LogP contribution in [0.15, 0.2) is 96.4 Å². The lowest BCUT2D eigenvalue weighted by Crippen LogP contribution is -2.26. The van der Waals surface area contributed by atoms with Crippen molar-refractivity contribution in [2.45, 2.75) is 13.0 Å². The maximum Gasteiger partial charge on any atom is 0.291 e. The number of benzene rings is 3.